The van der Waals surface area contributed by atoms with E-state index < -0.39 is 0 Å². The molecule has 31 heavy (non-hydrogen) atoms. The quantitative estimate of drug-likeness (QED) is 0.445. The number of H-pyrrole nitrogens is 1. The molecular weight excluding hydrogens is 408 g/mol. The molecule has 2 aromatic heterocycles. The Morgan fingerprint density at radius 3 is 2.65 bits per heavy atom. The van der Waals surface area contributed by atoms with Crippen molar-refractivity contribution < 1.29 is 4.74 Å². The molecule has 4 aromatic rings. The fourth-order valence-electron chi connectivity index (χ4n) is 4.13. The van der Waals surface area contributed by atoms with Crippen LogP contribution in [0.2, 0.25) is 0 Å². The zero-order chi connectivity index (χ0) is 21.2. The Balaban J connectivity index is 1.33. The van der Waals surface area contributed by atoms with Crippen molar-refractivity contribution in [1.82, 2.24) is 24.4 Å². The first kappa shape index (κ1) is 20.1. The van der Waals surface area contributed by atoms with Gasteiger partial charge in [0.15, 0.2) is 4.77 Å². The molecular formula is C23H26N6OS. The highest BCUT2D eigenvalue weighted by molar-refractivity contribution is 7.71. The molecule has 0 saturated carbocycles. The molecule has 8 heteroatoms. The zero-order valence-electron chi connectivity index (χ0n) is 17.6. The first-order valence-corrected chi connectivity index (χ1v) is 11.1. The number of nitrogens with zero attached hydrogens (tertiary/aromatic N) is 4. The molecule has 0 unspecified atom stereocenters. The van der Waals surface area contributed by atoms with E-state index in [9.17, 15) is 0 Å². The van der Waals surface area contributed by atoms with Crippen LogP contribution < -0.4 is 5.32 Å². The maximum Gasteiger partial charge on any atom is 0.178 e. The molecule has 160 valence electrons. The lowest BCUT2D eigenvalue weighted by Crippen LogP contribution is -2.35. The number of nitrogens with one attached hydrogen (secondary N) is 2. The Bertz CT molecular complexity index is 1260. The number of fused-ring (bicyclic) bond motifs is 2. The topological polar surface area (TPSA) is 71.0 Å². The van der Waals surface area contributed by atoms with Crippen LogP contribution in [0.4, 0.5) is 5.82 Å². The number of aromatic nitrogens is 4. The van der Waals surface area contributed by atoms with Gasteiger partial charge in [0.1, 0.15) is 12.1 Å². The van der Waals surface area contributed by atoms with Gasteiger partial charge in [-0.2, -0.15) is 0 Å². The second-order valence-electron chi connectivity index (χ2n) is 7.84. The zero-order valence-corrected chi connectivity index (χ0v) is 18.4. The largest absolute Gasteiger partial charge is 0.379 e. The Kier molecular flexibility index (Phi) is 5.67. The third-order valence-corrected chi connectivity index (χ3v) is 6.16. The second kappa shape index (κ2) is 8.74. The van der Waals surface area contributed by atoms with Crippen LogP contribution in [0.15, 0.2) is 42.7 Å². The number of anilines is 1. The van der Waals surface area contributed by atoms with E-state index in [1.54, 1.807) is 6.33 Å². The predicted molar refractivity (Wildman–Crippen MR) is 126 cm³/mol. The number of aryl methyl sites for hydroxylation is 1. The average Bonchev–Trinajstić information content (AvgIpc) is 3.11. The summed E-state index contributed by atoms with van der Waals surface area (Å²) in [5.41, 5.74) is 5.53. The lowest BCUT2D eigenvalue weighted by atomic mass is 10.1. The molecule has 1 aliphatic heterocycles. The molecule has 0 radical (unpaired) electrons. The smallest absolute Gasteiger partial charge is 0.178 e. The lowest BCUT2D eigenvalue weighted by Gasteiger charge is -2.26. The van der Waals surface area contributed by atoms with Crippen molar-refractivity contribution in [2.75, 3.05) is 31.6 Å². The number of benzene rings is 2. The summed E-state index contributed by atoms with van der Waals surface area (Å²) in [4.78, 5) is 14.7. The molecule has 2 N–H and O–H groups in total. The number of hydrogen-bond donors (Lipinski definition) is 2. The number of ether oxygens (including phenoxy) is 1. The van der Waals surface area contributed by atoms with Crippen molar-refractivity contribution in [1.29, 1.82) is 0 Å². The number of hydrogen-bond acceptors (Lipinski definition) is 6. The van der Waals surface area contributed by atoms with Gasteiger partial charge >= 0.3 is 0 Å². The first-order valence-electron chi connectivity index (χ1n) is 10.7. The predicted octanol–water partition coefficient (Wildman–Crippen LogP) is 4.11. The highest BCUT2D eigenvalue weighted by Gasteiger charge is 2.11. The van der Waals surface area contributed by atoms with E-state index in [0.717, 1.165) is 71.9 Å². The molecule has 7 nitrogen and oxygen atoms in total. The first-order chi connectivity index (χ1) is 15.2. The van der Waals surface area contributed by atoms with Crippen molar-refractivity contribution in [2.24, 2.45) is 0 Å². The summed E-state index contributed by atoms with van der Waals surface area (Å²) in [5, 5.41) is 4.46. The molecule has 0 spiro atoms. The van der Waals surface area contributed by atoms with Crippen molar-refractivity contribution in [2.45, 2.75) is 26.6 Å². The molecule has 5 rings (SSSR count). The highest BCUT2D eigenvalue weighted by atomic mass is 32.1. The molecule has 1 aliphatic rings. The van der Waals surface area contributed by atoms with Gasteiger partial charge in [-0.25, -0.2) is 9.97 Å². The Labute approximate surface area is 186 Å². The molecule has 3 heterocycles. The maximum absolute atomic E-state index is 5.45. The van der Waals surface area contributed by atoms with Crippen LogP contribution in [-0.2, 0) is 24.4 Å². The second-order valence-corrected chi connectivity index (χ2v) is 8.23. The van der Waals surface area contributed by atoms with Gasteiger partial charge < -0.3 is 19.6 Å². The number of morpholine rings is 1. The van der Waals surface area contributed by atoms with E-state index in [2.05, 4.69) is 73.1 Å². The Morgan fingerprint density at radius 2 is 1.87 bits per heavy atom. The average molecular weight is 435 g/mol. The van der Waals surface area contributed by atoms with Gasteiger partial charge in [-0.15, -0.1) is 0 Å². The summed E-state index contributed by atoms with van der Waals surface area (Å²) >= 11 is 5.45. The van der Waals surface area contributed by atoms with E-state index in [0.29, 0.717) is 6.54 Å². The van der Waals surface area contributed by atoms with Gasteiger partial charge in [-0.1, -0.05) is 24.3 Å². The van der Waals surface area contributed by atoms with Crippen molar-refractivity contribution in [3.8, 4) is 0 Å². The Hall–Kier alpha value is -2.81. The van der Waals surface area contributed by atoms with Gasteiger partial charge in [0.2, 0.25) is 0 Å². The fraction of sp³-hybridized carbons (Fsp3) is 0.348. The summed E-state index contributed by atoms with van der Waals surface area (Å²) in [6.45, 7) is 8.25. The van der Waals surface area contributed by atoms with Gasteiger partial charge in [0.25, 0.3) is 0 Å². The minimum Gasteiger partial charge on any atom is -0.379 e. The lowest BCUT2D eigenvalue weighted by molar-refractivity contribution is 0.0342. The van der Waals surface area contributed by atoms with Crippen LogP contribution in [0.1, 0.15) is 18.1 Å². The molecule has 2 aromatic carbocycles. The van der Waals surface area contributed by atoms with Gasteiger partial charge in [0.05, 0.1) is 29.8 Å². The molecule has 0 aliphatic carbocycles. The van der Waals surface area contributed by atoms with Gasteiger partial charge in [-0.05, 0) is 42.4 Å². The van der Waals surface area contributed by atoms with Gasteiger partial charge in [-0.3, -0.25) is 4.90 Å². The van der Waals surface area contributed by atoms with Crippen molar-refractivity contribution in [3.63, 3.8) is 0 Å². The minimum absolute atomic E-state index is 0.702. The van der Waals surface area contributed by atoms with Crippen LogP contribution in [-0.4, -0.2) is 50.7 Å². The minimum atomic E-state index is 0.702. The van der Waals surface area contributed by atoms with Crippen LogP contribution in [0.25, 0.3) is 21.9 Å². The number of aromatic amines is 1. The van der Waals surface area contributed by atoms with E-state index in [4.69, 9.17) is 17.0 Å². The van der Waals surface area contributed by atoms with Crippen LogP contribution >= 0.6 is 12.2 Å². The number of rotatable bonds is 6. The summed E-state index contributed by atoms with van der Waals surface area (Å²) in [7, 11) is 0. The van der Waals surface area contributed by atoms with Gasteiger partial charge in [0, 0.05) is 38.1 Å². The molecule has 0 amide bonds. The van der Waals surface area contributed by atoms with E-state index in [1.807, 2.05) is 0 Å². The molecule has 0 atom stereocenters. The monoisotopic (exact) mass is 434 g/mol. The third-order valence-electron chi connectivity index (χ3n) is 5.84. The van der Waals surface area contributed by atoms with Crippen molar-refractivity contribution in [3.05, 3.63) is 58.6 Å². The van der Waals surface area contributed by atoms with E-state index in [-0.39, 0.29) is 0 Å². The SMILES string of the molecule is CCn1c(=S)[nH]c2cc3c(NCc4ccc(CN5CCOCC5)cc4)ncnc3cc21. The summed E-state index contributed by atoms with van der Waals surface area (Å²) in [5.74, 6) is 0.827. The van der Waals surface area contributed by atoms with Crippen LogP contribution in [0.3, 0.4) is 0 Å². The Morgan fingerprint density at radius 1 is 1.10 bits per heavy atom. The summed E-state index contributed by atoms with van der Waals surface area (Å²) in [6.07, 6.45) is 1.61. The number of imidazole rings is 1. The standard InChI is InChI=1S/C23H26N6OS/c1-2-29-21-12-19-18(11-20(21)27-23(29)31)22(26-15-25-19)24-13-16-3-5-17(6-4-16)14-28-7-9-30-10-8-28/h3-6,11-12,15H,2,7-10,13-14H2,1H3,(H,27,31)(H,24,25,26). The molecule has 1 saturated heterocycles. The highest BCUT2D eigenvalue weighted by Crippen LogP contribution is 2.26. The van der Waals surface area contributed by atoms with Crippen LogP contribution in [0, 0.1) is 4.77 Å². The third kappa shape index (κ3) is 4.19. The molecule has 0 bridgehead atoms. The van der Waals surface area contributed by atoms with Crippen molar-refractivity contribution >= 4 is 40.0 Å². The summed E-state index contributed by atoms with van der Waals surface area (Å²) < 4.78 is 8.24. The van der Waals surface area contributed by atoms with E-state index >= 15 is 0 Å². The molecule has 1 fully saturated rings. The summed E-state index contributed by atoms with van der Waals surface area (Å²) in [6, 6.07) is 12.9. The van der Waals surface area contributed by atoms with E-state index in [1.165, 1.54) is 11.1 Å². The fourth-order valence-corrected chi connectivity index (χ4v) is 4.47. The van der Waals surface area contributed by atoms with Crippen LogP contribution in [0.5, 0.6) is 0 Å². The normalized spacial score (nSPS) is 15.0. The maximum atomic E-state index is 5.45.